The van der Waals surface area contributed by atoms with Gasteiger partial charge in [0.15, 0.2) is 0 Å². The van der Waals surface area contributed by atoms with Gasteiger partial charge in [-0.05, 0) is 37.8 Å². The van der Waals surface area contributed by atoms with Gasteiger partial charge in [-0.25, -0.2) is 9.37 Å². The highest BCUT2D eigenvalue weighted by atomic mass is 35.5. The molecule has 0 radical (unpaired) electrons. The highest BCUT2D eigenvalue weighted by Crippen LogP contribution is 2.31. The first kappa shape index (κ1) is 14.8. The Labute approximate surface area is 130 Å². The van der Waals surface area contributed by atoms with Gasteiger partial charge in [-0.15, -0.1) is 11.6 Å². The first-order valence-electron chi connectivity index (χ1n) is 7.86. The molecule has 1 unspecified atom stereocenters. The Bertz CT molecular complexity index is 642. The monoisotopic (exact) mass is 308 g/mol. The summed E-state index contributed by atoms with van der Waals surface area (Å²) >= 11 is 6.28. The summed E-state index contributed by atoms with van der Waals surface area (Å²) in [5.74, 6) is 1.48. The van der Waals surface area contributed by atoms with Crippen molar-refractivity contribution < 1.29 is 4.39 Å². The number of rotatable bonds is 4. The van der Waals surface area contributed by atoms with Gasteiger partial charge in [-0.3, -0.25) is 0 Å². The average Bonchev–Trinajstić information content (AvgIpc) is 3.05. The standard InChI is InChI=1S/C17H22ClFN2/c1-11-9-16-15(10-14(11)19)20-17(12(2)18)21(16)8-7-13-5-3-4-6-13/h9-10,12-13H,3-8H2,1-2H3. The van der Waals surface area contributed by atoms with Crippen molar-refractivity contribution in [3.05, 3.63) is 29.3 Å². The number of aryl methyl sites for hydroxylation is 2. The van der Waals surface area contributed by atoms with Crippen LogP contribution in [0.4, 0.5) is 4.39 Å². The molecule has 0 N–H and O–H groups in total. The number of hydrogen-bond acceptors (Lipinski definition) is 1. The van der Waals surface area contributed by atoms with Crippen LogP contribution < -0.4 is 0 Å². The minimum absolute atomic E-state index is 0.163. The van der Waals surface area contributed by atoms with Crippen LogP contribution >= 0.6 is 11.6 Å². The fourth-order valence-electron chi connectivity index (χ4n) is 3.42. The lowest BCUT2D eigenvalue weighted by atomic mass is 10.0. The molecule has 2 nitrogen and oxygen atoms in total. The zero-order valence-corrected chi connectivity index (χ0v) is 13.5. The predicted octanol–water partition coefficient (Wildman–Crippen LogP) is 5.36. The van der Waals surface area contributed by atoms with Crippen LogP contribution in [0.2, 0.25) is 0 Å². The molecule has 0 spiro atoms. The van der Waals surface area contributed by atoms with E-state index in [2.05, 4.69) is 9.55 Å². The average molecular weight is 309 g/mol. The molecule has 2 aromatic rings. The fraction of sp³-hybridized carbons (Fsp3) is 0.588. The van der Waals surface area contributed by atoms with Gasteiger partial charge in [-0.1, -0.05) is 25.7 Å². The van der Waals surface area contributed by atoms with Crippen LogP contribution in [0.25, 0.3) is 11.0 Å². The van der Waals surface area contributed by atoms with Crippen molar-refractivity contribution in [3.8, 4) is 0 Å². The van der Waals surface area contributed by atoms with Crippen LogP contribution in [0.1, 0.15) is 55.8 Å². The van der Waals surface area contributed by atoms with Crippen LogP contribution in [0.5, 0.6) is 0 Å². The fourth-order valence-corrected chi connectivity index (χ4v) is 3.58. The van der Waals surface area contributed by atoms with Gasteiger partial charge in [0.05, 0.1) is 16.4 Å². The molecule has 1 aliphatic rings. The van der Waals surface area contributed by atoms with Crippen molar-refractivity contribution in [2.75, 3.05) is 0 Å². The first-order valence-corrected chi connectivity index (χ1v) is 8.30. The highest BCUT2D eigenvalue weighted by molar-refractivity contribution is 6.20. The summed E-state index contributed by atoms with van der Waals surface area (Å²) in [5.41, 5.74) is 2.39. The maximum absolute atomic E-state index is 13.7. The highest BCUT2D eigenvalue weighted by Gasteiger charge is 2.19. The topological polar surface area (TPSA) is 17.8 Å². The molecule has 114 valence electrons. The largest absolute Gasteiger partial charge is 0.327 e. The molecule has 1 aliphatic carbocycles. The molecule has 1 atom stereocenters. The molecule has 0 bridgehead atoms. The minimum atomic E-state index is -0.197. The summed E-state index contributed by atoms with van der Waals surface area (Å²) in [4.78, 5) is 4.55. The van der Waals surface area contributed by atoms with Crippen molar-refractivity contribution in [2.24, 2.45) is 5.92 Å². The van der Waals surface area contributed by atoms with Crippen molar-refractivity contribution >= 4 is 22.6 Å². The number of imidazole rings is 1. The number of halogens is 2. The summed E-state index contributed by atoms with van der Waals surface area (Å²) in [5, 5.41) is -0.163. The zero-order chi connectivity index (χ0) is 15.0. The van der Waals surface area contributed by atoms with Crippen molar-refractivity contribution in [3.63, 3.8) is 0 Å². The molecule has 1 aromatic carbocycles. The molecular formula is C17H22ClFN2. The van der Waals surface area contributed by atoms with Gasteiger partial charge in [0, 0.05) is 12.6 Å². The third kappa shape index (κ3) is 2.94. The van der Waals surface area contributed by atoms with E-state index in [1.165, 1.54) is 38.2 Å². The van der Waals surface area contributed by atoms with Crippen LogP contribution in [0.3, 0.4) is 0 Å². The minimum Gasteiger partial charge on any atom is -0.327 e. The number of hydrogen-bond donors (Lipinski definition) is 0. The number of fused-ring (bicyclic) bond motifs is 1. The number of nitrogens with zero attached hydrogens (tertiary/aromatic N) is 2. The van der Waals surface area contributed by atoms with E-state index in [9.17, 15) is 4.39 Å². The Morgan fingerprint density at radius 2 is 2.10 bits per heavy atom. The molecule has 1 fully saturated rings. The summed E-state index contributed by atoms with van der Waals surface area (Å²) in [6, 6.07) is 3.43. The lowest BCUT2D eigenvalue weighted by molar-refractivity contribution is 0.456. The van der Waals surface area contributed by atoms with E-state index in [1.54, 1.807) is 6.92 Å². The maximum atomic E-state index is 13.7. The van der Waals surface area contributed by atoms with Gasteiger partial charge in [-0.2, -0.15) is 0 Å². The third-order valence-corrected chi connectivity index (χ3v) is 4.84. The summed E-state index contributed by atoms with van der Waals surface area (Å²) in [7, 11) is 0. The lowest BCUT2D eigenvalue weighted by Gasteiger charge is -2.14. The summed E-state index contributed by atoms with van der Waals surface area (Å²) in [6.45, 7) is 4.66. The number of aromatic nitrogens is 2. The molecular weight excluding hydrogens is 287 g/mol. The molecule has 1 heterocycles. The van der Waals surface area contributed by atoms with Gasteiger partial charge >= 0.3 is 0 Å². The van der Waals surface area contributed by atoms with Gasteiger partial charge in [0.2, 0.25) is 0 Å². The van der Waals surface area contributed by atoms with E-state index >= 15 is 0 Å². The maximum Gasteiger partial charge on any atom is 0.128 e. The second-order valence-electron chi connectivity index (χ2n) is 6.27. The third-order valence-electron chi connectivity index (χ3n) is 4.65. The van der Waals surface area contributed by atoms with Crippen LogP contribution in [0, 0.1) is 18.7 Å². The Balaban J connectivity index is 1.96. The molecule has 1 aromatic heterocycles. The first-order chi connectivity index (χ1) is 10.1. The van der Waals surface area contributed by atoms with E-state index in [1.807, 2.05) is 13.0 Å². The molecule has 0 aliphatic heterocycles. The molecule has 4 heteroatoms. The van der Waals surface area contributed by atoms with Gasteiger partial charge in [0.1, 0.15) is 11.6 Å². The second-order valence-corrected chi connectivity index (χ2v) is 6.92. The molecule has 21 heavy (non-hydrogen) atoms. The van der Waals surface area contributed by atoms with Gasteiger partial charge < -0.3 is 4.57 Å². The Morgan fingerprint density at radius 1 is 1.38 bits per heavy atom. The van der Waals surface area contributed by atoms with E-state index in [0.29, 0.717) is 11.1 Å². The quantitative estimate of drug-likeness (QED) is 0.695. The lowest BCUT2D eigenvalue weighted by Crippen LogP contribution is -2.08. The van der Waals surface area contributed by atoms with Crippen LogP contribution in [-0.2, 0) is 6.54 Å². The second kappa shape index (κ2) is 5.96. The molecule has 1 saturated carbocycles. The van der Waals surface area contributed by atoms with Crippen LogP contribution in [0.15, 0.2) is 12.1 Å². The smallest absolute Gasteiger partial charge is 0.128 e. The van der Waals surface area contributed by atoms with E-state index in [0.717, 1.165) is 23.8 Å². The zero-order valence-electron chi connectivity index (χ0n) is 12.7. The molecule has 3 rings (SSSR count). The van der Waals surface area contributed by atoms with E-state index < -0.39 is 0 Å². The summed E-state index contributed by atoms with van der Waals surface area (Å²) < 4.78 is 15.9. The van der Waals surface area contributed by atoms with E-state index in [-0.39, 0.29) is 11.2 Å². The summed E-state index contributed by atoms with van der Waals surface area (Å²) in [6.07, 6.45) is 6.56. The van der Waals surface area contributed by atoms with Crippen molar-refractivity contribution in [1.82, 2.24) is 9.55 Å². The Hall–Kier alpha value is -1.09. The molecule has 0 amide bonds. The predicted molar refractivity (Wildman–Crippen MR) is 85.3 cm³/mol. The van der Waals surface area contributed by atoms with Crippen LogP contribution in [-0.4, -0.2) is 9.55 Å². The van der Waals surface area contributed by atoms with Gasteiger partial charge in [0.25, 0.3) is 0 Å². The Kier molecular flexibility index (Phi) is 4.21. The van der Waals surface area contributed by atoms with E-state index in [4.69, 9.17) is 11.6 Å². The SMILES string of the molecule is Cc1cc2c(cc1F)nc(C(C)Cl)n2CCC1CCCC1. The normalized spacial score (nSPS) is 17.7. The van der Waals surface area contributed by atoms with Crippen molar-refractivity contribution in [1.29, 1.82) is 0 Å². The molecule has 0 saturated heterocycles. The number of alkyl halides is 1. The van der Waals surface area contributed by atoms with Crippen molar-refractivity contribution in [2.45, 2.75) is 57.9 Å². The number of benzene rings is 1. The Morgan fingerprint density at radius 3 is 2.76 bits per heavy atom.